The molecule has 4 rings (SSSR count). The van der Waals surface area contributed by atoms with Crippen LogP contribution in [0.5, 0.6) is 0 Å². The van der Waals surface area contributed by atoms with Gasteiger partial charge >= 0.3 is 5.97 Å². The zero-order chi connectivity index (χ0) is 29.7. The van der Waals surface area contributed by atoms with Crippen LogP contribution in [-0.4, -0.2) is 63.2 Å². The molecule has 9 nitrogen and oxygen atoms in total. The number of halogens is 1. The number of nitrogens with zero attached hydrogens (tertiary/aromatic N) is 2. The number of amides is 1. The summed E-state index contributed by atoms with van der Waals surface area (Å²) in [5, 5.41) is 16.0. The average Bonchev–Trinajstić information content (AvgIpc) is 3.22. The van der Waals surface area contributed by atoms with Gasteiger partial charge in [0.05, 0.1) is 34.8 Å². The van der Waals surface area contributed by atoms with Crippen LogP contribution in [0.1, 0.15) is 30.0 Å². The lowest BCUT2D eigenvalue weighted by Crippen LogP contribution is -2.38. The third kappa shape index (κ3) is 7.27. The van der Waals surface area contributed by atoms with Crippen LogP contribution in [-0.2, 0) is 26.0 Å². The van der Waals surface area contributed by atoms with Crippen LogP contribution in [0, 0.1) is 0 Å². The minimum atomic E-state index is -3.51. The fraction of sp³-hybridized carbons (Fsp3) is 0.267. The highest BCUT2D eigenvalue weighted by atomic mass is 35.5. The molecule has 0 atom stereocenters. The van der Waals surface area contributed by atoms with Crippen LogP contribution in [0.25, 0.3) is 11.3 Å². The molecule has 1 aliphatic rings. The van der Waals surface area contributed by atoms with Crippen LogP contribution >= 0.6 is 11.6 Å². The summed E-state index contributed by atoms with van der Waals surface area (Å²) in [6.07, 6.45) is 0.339. The van der Waals surface area contributed by atoms with Crippen molar-refractivity contribution < 1.29 is 23.1 Å². The molecule has 0 aromatic heterocycles. The second-order valence-electron chi connectivity index (χ2n) is 10.0. The smallest absolute Gasteiger partial charge is 0.307 e. The second-order valence-corrected chi connectivity index (χ2v) is 12.5. The fourth-order valence-electron chi connectivity index (χ4n) is 4.63. The van der Waals surface area contributed by atoms with Crippen molar-refractivity contribution in [3.63, 3.8) is 0 Å². The van der Waals surface area contributed by atoms with Crippen LogP contribution in [0.3, 0.4) is 0 Å². The molecule has 3 aromatic rings. The average molecular weight is 597 g/mol. The Morgan fingerprint density at radius 3 is 2.41 bits per heavy atom. The van der Waals surface area contributed by atoms with Gasteiger partial charge in [-0.3, -0.25) is 13.9 Å². The summed E-state index contributed by atoms with van der Waals surface area (Å²) in [6.45, 7) is 2.71. The first-order chi connectivity index (χ1) is 19.5. The van der Waals surface area contributed by atoms with Crippen LogP contribution in [0.2, 0.25) is 5.02 Å². The van der Waals surface area contributed by atoms with Crippen molar-refractivity contribution in [3.8, 4) is 0 Å². The first-order valence-electron chi connectivity index (χ1n) is 13.2. The summed E-state index contributed by atoms with van der Waals surface area (Å²) in [4.78, 5) is 26.5. The van der Waals surface area contributed by atoms with E-state index in [2.05, 4.69) is 10.6 Å². The summed E-state index contributed by atoms with van der Waals surface area (Å²) in [6, 6.07) is 19.1. The number of aliphatic carboxylic acids is 1. The SMILES string of the molecule is CCCS(=O)(=O)N(CCN(C)C)c1ccc(NC(=C2C(=O)Nc3cc(Cl)ccc32)c2cccc(CC(=O)O)c2)cc1. The van der Waals surface area contributed by atoms with Crippen molar-refractivity contribution in [1.82, 2.24) is 4.90 Å². The molecule has 3 aromatic carbocycles. The third-order valence-electron chi connectivity index (χ3n) is 6.52. The highest BCUT2D eigenvalue weighted by molar-refractivity contribution is 7.92. The zero-order valence-electron chi connectivity index (χ0n) is 23.1. The summed E-state index contributed by atoms with van der Waals surface area (Å²) in [5.74, 6) is -1.25. The van der Waals surface area contributed by atoms with Crippen LogP contribution in [0.4, 0.5) is 17.1 Å². The Bertz CT molecular complexity index is 1590. The fourth-order valence-corrected chi connectivity index (χ4v) is 6.34. The molecule has 1 aliphatic heterocycles. The Labute approximate surface area is 245 Å². The minimum Gasteiger partial charge on any atom is -0.481 e. The van der Waals surface area contributed by atoms with Gasteiger partial charge in [-0.2, -0.15) is 0 Å². The minimum absolute atomic E-state index is 0.0435. The highest BCUT2D eigenvalue weighted by Gasteiger charge is 2.29. The van der Waals surface area contributed by atoms with Crippen molar-refractivity contribution in [2.45, 2.75) is 19.8 Å². The van der Waals surface area contributed by atoms with Crippen LogP contribution < -0.4 is 14.9 Å². The van der Waals surface area contributed by atoms with E-state index in [0.29, 0.717) is 69.6 Å². The van der Waals surface area contributed by atoms with Crippen molar-refractivity contribution in [2.75, 3.05) is 47.9 Å². The summed E-state index contributed by atoms with van der Waals surface area (Å²) >= 11 is 6.16. The van der Waals surface area contributed by atoms with Crippen molar-refractivity contribution in [1.29, 1.82) is 0 Å². The van der Waals surface area contributed by atoms with Crippen LogP contribution in [0.15, 0.2) is 66.7 Å². The molecule has 0 radical (unpaired) electrons. The Morgan fingerprint density at radius 2 is 1.76 bits per heavy atom. The van der Waals surface area contributed by atoms with E-state index in [1.165, 1.54) is 4.31 Å². The molecule has 1 heterocycles. The predicted octanol–water partition coefficient (Wildman–Crippen LogP) is 5.01. The zero-order valence-corrected chi connectivity index (χ0v) is 24.7. The molecular weight excluding hydrogens is 564 g/mol. The number of benzene rings is 3. The molecule has 0 saturated carbocycles. The van der Waals surface area contributed by atoms with Gasteiger partial charge in [-0.05, 0) is 74.1 Å². The molecule has 0 unspecified atom stereocenters. The maximum absolute atomic E-state index is 13.2. The number of carboxylic acid groups (broad SMARTS) is 1. The maximum atomic E-state index is 13.2. The number of anilines is 3. The Kier molecular flexibility index (Phi) is 9.37. The third-order valence-corrected chi connectivity index (χ3v) is 8.74. The van der Waals surface area contributed by atoms with Gasteiger partial charge in [0, 0.05) is 29.4 Å². The monoisotopic (exact) mass is 596 g/mol. The number of carbonyl (C=O) groups excluding carboxylic acids is 1. The van der Waals surface area contributed by atoms with Gasteiger partial charge in [0.25, 0.3) is 5.91 Å². The normalized spacial score (nSPS) is 14.0. The number of hydrogen-bond acceptors (Lipinski definition) is 6. The van der Waals surface area contributed by atoms with E-state index in [-0.39, 0.29) is 18.1 Å². The number of fused-ring (bicyclic) bond motifs is 1. The van der Waals surface area contributed by atoms with E-state index < -0.39 is 16.0 Å². The van der Waals surface area contributed by atoms with E-state index in [0.717, 1.165) is 0 Å². The van der Waals surface area contributed by atoms with Gasteiger partial charge in [-0.25, -0.2) is 8.42 Å². The molecule has 3 N–H and O–H groups in total. The summed E-state index contributed by atoms with van der Waals surface area (Å²) < 4.78 is 27.5. The number of rotatable bonds is 12. The topological polar surface area (TPSA) is 119 Å². The van der Waals surface area contributed by atoms with Gasteiger partial charge < -0.3 is 20.6 Å². The number of carbonyl (C=O) groups is 2. The molecule has 1 amide bonds. The predicted molar refractivity (Wildman–Crippen MR) is 165 cm³/mol. The summed E-state index contributed by atoms with van der Waals surface area (Å²) in [5.41, 5.74) is 4.46. The Balaban J connectivity index is 1.77. The quantitative estimate of drug-likeness (QED) is 0.252. The molecule has 0 saturated heterocycles. The van der Waals surface area contributed by atoms with E-state index in [1.807, 2.05) is 25.9 Å². The number of sulfonamides is 1. The molecular formula is C30H33ClN4O5S. The largest absolute Gasteiger partial charge is 0.481 e. The molecule has 0 spiro atoms. The number of nitrogens with one attached hydrogen (secondary N) is 2. The van der Waals surface area contributed by atoms with Gasteiger partial charge in [-0.1, -0.05) is 42.8 Å². The summed E-state index contributed by atoms with van der Waals surface area (Å²) in [7, 11) is 0.278. The number of likely N-dealkylation sites (N-methyl/N-ethyl adjacent to an activating group) is 1. The Hall–Kier alpha value is -3.86. The van der Waals surface area contributed by atoms with Crippen molar-refractivity contribution >= 4 is 61.8 Å². The second kappa shape index (κ2) is 12.8. The lowest BCUT2D eigenvalue weighted by Gasteiger charge is -2.26. The Morgan fingerprint density at radius 1 is 1.02 bits per heavy atom. The molecule has 0 aliphatic carbocycles. The standard InChI is InChI=1S/C30H33ClN4O5S/c1-4-16-41(39,40)35(15-14-34(2)3)24-11-9-23(10-12-24)32-29(21-7-5-6-20(17-21)18-27(36)37)28-25-13-8-22(31)19-26(25)33-30(28)38/h5-13,17,19,32H,4,14-16,18H2,1-3H3,(H,33,38)(H,36,37). The van der Waals surface area contributed by atoms with Gasteiger partial charge in [0.2, 0.25) is 10.0 Å². The van der Waals surface area contributed by atoms with Gasteiger partial charge in [0.1, 0.15) is 0 Å². The lowest BCUT2D eigenvalue weighted by molar-refractivity contribution is -0.136. The van der Waals surface area contributed by atoms with E-state index in [4.69, 9.17) is 11.6 Å². The molecule has 41 heavy (non-hydrogen) atoms. The van der Waals surface area contributed by atoms with Gasteiger partial charge in [0.15, 0.2) is 0 Å². The van der Waals surface area contributed by atoms with Crippen molar-refractivity contribution in [2.24, 2.45) is 0 Å². The van der Waals surface area contributed by atoms with E-state index in [9.17, 15) is 23.1 Å². The van der Waals surface area contributed by atoms with E-state index in [1.54, 1.807) is 66.7 Å². The van der Waals surface area contributed by atoms with E-state index >= 15 is 0 Å². The molecule has 0 fully saturated rings. The number of carboxylic acids is 1. The first kappa shape index (κ1) is 30.1. The van der Waals surface area contributed by atoms with Gasteiger partial charge in [-0.15, -0.1) is 0 Å². The lowest BCUT2D eigenvalue weighted by atomic mass is 9.98. The first-order valence-corrected chi connectivity index (χ1v) is 15.2. The number of hydrogen-bond donors (Lipinski definition) is 3. The maximum Gasteiger partial charge on any atom is 0.307 e. The highest BCUT2D eigenvalue weighted by Crippen LogP contribution is 2.39. The molecule has 216 valence electrons. The van der Waals surface area contributed by atoms with Crippen molar-refractivity contribution in [3.05, 3.63) is 88.4 Å². The molecule has 11 heteroatoms. The molecule has 0 bridgehead atoms.